The molecule has 0 fully saturated rings. The van der Waals surface area contributed by atoms with Gasteiger partial charge in [-0.15, -0.1) is 0 Å². The minimum Gasteiger partial charge on any atom is -0.469 e. The number of nitrogens with zero attached hydrogens (tertiary/aromatic N) is 3. The van der Waals surface area contributed by atoms with Crippen molar-refractivity contribution in [3.05, 3.63) is 54.1 Å². The fourth-order valence-corrected chi connectivity index (χ4v) is 2.59. The van der Waals surface area contributed by atoms with E-state index in [1.807, 2.05) is 19.9 Å². The van der Waals surface area contributed by atoms with E-state index in [2.05, 4.69) is 25.8 Å². The summed E-state index contributed by atoms with van der Waals surface area (Å²) in [5.74, 6) is 0.434. The standard InChI is InChI=1S/C19H21N5O4/c1-11(2)16(19-23-17(24-28-19)13-5-4-7-20-9-13)22-15(25)10-21-18(26)14-6-8-27-12(14)3/h4-9,11,16H,10H2,1-3H3,(H,21,26)(H,22,25). The van der Waals surface area contributed by atoms with Crippen molar-refractivity contribution in [2.24, 2.45) is 5.92 Å². The fourth-order valence-electron chi connectivity index (χ4n) is 2.59. The highest BCUT2D eigenvalue weighted by atomic mass is 16.5. The largest absolute Gasteiger partial charge is 0.469 e. The first-order valence-electron chi connectivity index (χ1n) is 8.81. The number of aryl methyl sites for hydroxylation is 1. The highest BCUT2D eigenvalue weighted by Crippen LogP contribution is 2.23. The summed E-state index contributed by atoms with van der Waals surface area (Å²) in [7, 11) is 0. The van der Waals surface area contributed by atoms with Crippen molar-refractivity contribution in [2.75, 3.05) is 6.54 Å². The zero-order chi connectivity index (χ0) is 20.1. The molecule has 1 atom stereocenters. The Balaban J connectivity index is 1.63. The van der Waals surface area contributed by atoms with E-state index in [1.165, 1.54) is 6.26 Å². The Bertz CT molecular complexity index is 948. The molecule has 0 bridgehead atoms. The number of hydrogen-bond acceptors (Lipinski definition) is 7. The van der Waals surface area contributed by atoms with E-state index in [-0.39, 0.29) is 24.3 Å². The lowest BCUT2D eigenvalue weighted by Gasteiger charge is -2.18. The second kappa shape index (κ2) is 8.47. The number of pyridine rings is 1. The summed E-state index contributed by atoms with van der Waals surface area (Å²) in [6.07, 6.45) is 4.71. The zero-order valence-electron chi connectivity index (χ0n) is 15.8. The molecule has 0 spiro atoms. The van der Waals surface area contributed by atoms with Crippen LogP contribution in [0.2, 0.25) is 0 Å². The molecule has 3 aromatic rings. The van der Waals surface area contributed by atoms with Crippen LogP contribution in [0.3, 0.4) is 0 Å². The molecule has 3 rings (SSSR count). The monoisotopic (exact) mass is 383 g/mol. The van der Waals surface area contributed by atoms with E-state index < -0.39 is 6.04 Å². The van der Waals surface area contributed by atoms with Gasteiger partial charge in [-0.25, -0.2) is 0 Å². The number of hydrogen-bond donors (Lipinski definition) is 2. The predicted octanol–water partition coefficient (Wildman–Crippen LogP) is 2.28. The SMILES string of the molecule is Cc1occc1C(=O)NCC(=O)NC(c1nc(-c2cccnc2)no1)C(C)C. The highest BCUT2D eigenvalue weighted by Gasteiger charge is 2.25. The van der Waals surface area contributed by atoms with Crippen LogP contribution in [0.1, 0.15) is 41.9 Å². The predicted molar refractivity (Wildman–Crippen MR) is 99.0 cm³/mol. The van der Waals surface area contributed by atoms with Gasteiger partial charge in [0.15, 0.2) is 0 Å². The van der Waals surface area contributed by atoms with E-state index in [4.69, 9.17) is 8.94 Å². The fraction of sp³-hybridized carbons (Fsp3) is 0.316. The Morgan fingerprint density at radius 2 is 2.07 bits per heavy atom. The summed E-state index contributed by atoms with van der Waals surface area (Å²) in [6.45, 7) is 5.34. The molecule has 0 aromatic carbocycles. The molecule has 2 N–H and O–H groups in total. The number of carbonyl (C=O) groups excluding carboxylic acids is 2. The van der Waals surface area contributed by atoms with E-state index in [0.29, 0.717) is 28.6 Å². The van der Waals surface area contributed by atoms with Gasteiger partial charge >= 0.3 is 0 Å². The number of aromatic nitrogens is 3. The molecular weight excluding hydrogens is 362 g/mol. The van der Waals surface area contributed by atoms with Crippen LogP contribution in [0, 0.1) is 12.8 Å². The second-order valence-corrected chi connectivity index (χ2v) is 6.56. The van der Waals surface area contributed by atoms with Crippen LogP contribution >= 0.6 is 0 Å². The quantitative estimate of drug-likeness (QED) is 0.641. The number of amides is 2. The molecule has 0 saturated carbocycles. The van der Waals surface area contributed by atoms with Gasteiger partial charge in [-0.05, 0) is 31.0 Å². The van der Waals surface area contributed by atoms with Crippen molar-refractivity contribution in [2.45, 2.75) is 26.8 Å². The van der Waals surface area contributed by atoms with Crippen LogP contribution in [0.4, 0.5) is 0 Å². The van der Waals surface area contributed by atoms with Gasteiger partial charge < -0.3 is 19.6 Å². The van der Waals surface area contributed by atoms with Crippen LogP contribution in [0.5, 0.6) is 0 Å². The minimum atomic E-state index is -0.488. The Labute approximate surface area is 161 Å². The summed E-state index contributed by atoms with van der Waals surface area (Å²) in [6, 6.07) is 4.66. The number of nitrogens with one attached hydrogen (secondary N) is 2. The molecule has 0 aliphatic rings. The Kier molecular flexibility index (Phi) is 5.83. The Hall–Kier alpha value is -3.49. The summed E-state index contributed by atoms with van der Waals surface area (Å²) in [5, 5.41) is 9.35. The van der Waals surface area contributed by atoms with Crippen LogP contribution in [-0.4, -0.2) is 33.5 Å². The highest BCUT2D eigenvalue weighted by molar-refractivity contribution is 5.97. The maximum atomic E-state index is 12.3. The first-order chi connectivity index (χ1) is 13.5. The molecule has 1 unspecified atom stereocenters. The van der Waals surface area contributed by atoms with Crippen LogP contribution in [-0.2, 0) is 4.79 Å². The Morgan fingerprint density at radius 1 is 1.25 bits per heavy atom. The average Bonchev–Trinajstić information content (AvgIpc) is 3.34. The number of rotatable bonds is 7. The van der Waals surface area contributed by atoms with Gasteiger partial charge in [0, 0.05) is 18.0 Å². The maximum absolute atomic E-state index is 12.3. The summed E-state index contributed by atoms with van der Waals surface area (Å²) in [5.41, 5.74) is 1.11. The Morgan fingerprint density at radius 3 is 2.71 bits per heavy atom. The zero-order valence-corrected chi connectivity index (χ0v) is 15.8. The third kappa shape index (κ3) is 4.43. The van der Waals surface area contributed by atoms with Gasteiger partial charge in [0.1, 0.15) is 11.8 Å². The summed E-state index contributed by atoms with van der Waals surface area (Å²) < 4.78 is 10.4. The molecule has 3 heterocycles. The maximum Gasteiger partial charge on any atom is 0.255 e. The number of furan rings is 1. The third-order valence-corrected chi connectivity index (χ3v) is 4.12. The molecule has 0 radical (unpaired) electrons. The first kappa shape index (κ1) is 19.3. The van der Waals surface area contributed by atoms with Crippen LogP contribution in [0.15, 0.2) is 45.8 Å². The van der Waals surface area contributed by atoms with Crippen molar-refractivity contribution in [3.63, 3.8) is 0 Å². The molecule has 9 heteroatoms. The van der Waals surface area contributed by atoms with Crippen molar-refractivity contribution < 1.29 is 18.5 Å². The van der Waals surface area contributed by atoms with Crippen molar-refractivity contribution in [3.8, 4) is 11.4 Å². The second-order valence-electron chi connectivity index (χ2n) is 6.56. The van der Waals surface area contributed by atoms with E-state index in [1.54, 1.807) is 31.5 Å². The van der Waals surface area contributed by atoms with E-state index in [9.17, 15) is 9.59 Å². The average molecular weight is 383 g/mol. The summed E-state index contributed by atoms with van der Waals surface area (Å²) in [4.78, 5) is 32.8. The third-order valence-electron chi connectivity index (χ3n) is 4.12. The lowest BCUT2D eigenvalue weighted by molar-refractivity contribution is -0.121. The van der Waals surface area contributed by atoms with Gasteiger partial charge in [0.25, 0.3) is 5.91 Å². The van der Waals surface area contributed by atoms with Crippen molar-refractivity contribution in [1.82, 2.24) is 25.8 Å². The summed E-state index contributed by atoms with van der Waals surface area (Å²) >= 11 is 0. The number of carbonyl (C=O) groups is 2. The van der Waals surface area contributed by atoms with Gasteiger partial charge in [-0.1, -0.05) is 19.0 Å². The van der Waals surface area contributed by atoms with Gasteiger partial charge in [-0.2, -0.15) is 4.98 Å². The molecule has 2 amide bonds. The molecular formula is C19H21N5O4. The van der Waals surface area contributed by atoms with Crippen LogP contribution in [0.25, 0.3) is 11.4 Å². The lowest BCUT2D eigenvalue weighted by Crippen LogP contribution is -2.40. The van der Waals surface area contributed by atoms with E-state index in [0.717, 1.165) is 0 Å². The van der Waals surface area contributed by atoms with E-state index >= 15 is 0 Å². The van der Waals surface area contributed by atoms with Crippen molar-refractivity contribution in [1.29, 1.82) is 0 Å². The molecule has 0 saturated heterocycles. The molecule has 9 nitrogen and oxygen atoms in total. The van der Waals surface area contributed by atoms with Gasteiger partial charge in [0.05, 0.1) is 18.4 Å². The normalized spacial score (nSPS) is 12.0. The smallest absolute Gasteiger partial charge is 0.255 e. The molecule has 0 aliphatic carbocycles. The first-order valence-corrected chi connectivity index (χ1v) is 8.81. The lowest BCUT2D eigenvalue weighted by atomic mass is 10.0. The van der Waals surface area contributed by atoms with Gasteiger partial charge in [-0.3, -0.25) is 14.6 Å². The molecule has 146 valence electrons. The molecule has 3 aromatic heterocycles. The topological polar surface area (TPSA) is 123 Å². The van der Waals surface area contributed by atoms with Crippen LogP contribution < -0.4 is 10.6 Å². The van der Waals surface area contributed by atoms with Crippen molar-refractivity contribution >= 4 is 11.8 Å². The molecule has 0 aliphatic heterocycles. The van der Waals surface area contributed by atoms with Gasteiger partial charge in [0.2, 0.25) is 17.6 Å². The molecule has 28 heavy (non-hydrogen) atoms. The minimum absolute atomic E-state index is 0.00188.